The van der Waals surface area contributed by atoms with Crippen molar-refractivity contribution in [2.24, 2.45) is 11.8 Å². The first-order valence-corrected chi connectivity index (χ1v) is 6.91. The maximum Gasteiger partial charge on any atom is 0.513 e. The van der Waals surface area contributed by atoms with E-state index in [4.69, 9.17) is 4.74 Å². The van der Waals surface area contributed by atoms with Crippen LogP contribution in [0.25, 0.3) is 0 Å². The second kappa shape index (κ2) is 5.15. The quantitative estimate of drug-likeness (QED) is 0.627. The summed E-state index contributed by atoms with van der Waals surface area (Å²) in [6, 6.07) is 6.59. The Labute approximate surface area is 117 Å². The van der Waals surface area contributed by atoms with Gasteiger partial charge in [0.15, 0.2) is 0 Å². The molecule has 1 amide bonds. The summed E-state index contributed by atoms with van der Waals surface area (Å²) < 4.78 is 9.64. The lowest BCUT2D eigenvalue weighted by Gasteiger charge is -2.17. The molecule has 106 valence electrons. The highest BCUT2D eigenvalue weighted by atomic mass is 16.7. The van der Waals surface area contributed by atoms with E-state index in [1.165, 1.54) is 6.42 Å². The largest absolute Gasteiger partial charge is 0.513 e. The van der Waals surface area contributed by atoms with Crippen molar-refractivity contribution < 1.29 is 19.1 Å². The Balaban J connectivity index is 1.60. The highest BCUT2D eigenvalue weighted by Crippen LogP contribution is 2.45. The van der Waals surface area contributed by atoms with Gasteiger partial charge in [-0.05, 0) is 49.4 Å². The number of amides is 1. The van der Waals surface area contributed by atoms with Crippen LogP contribution in [0.3, 0.4) is 0 Å². The fourth-order valence-corrected chi connectivity index (χ4v) is 2.66. The van der Waals surface area contributed by atoms with Crippen molar-refractivity contribution in [3.05, 3.63) is 29.8 Å². The first-order valence-electron chi connectivity index (χ1n) is 6.91. The summed E-state index contributed by atoms with van der Waals surface area (Å²) in [5.41, 5.74) is 0.627. The van der Waals surface area contributed by atoms with Gasteiger partial charge in [-0.1, -0.05) is 0 Å². The van der Waals surface area contributed by atoms with Crippen molar-refractivity contribution >= 4 is 12.1 Å². The first-order chi connectivity index (χ1) is 9.67. The second-order valence-corrected chi connectivity index (χ2v) is 5.28. The van der Waals surface area contributed by atoms with Crippen LogP contribution in [0.1, 0.15) is 23.7 Å². The van der Waals surface area contributed by atoms with Gasteiger partial charge in [-0.3, -0.25) is 4.79 Å². The number of fused-ring (bicyclic) bond motifs is 1. The third kappa shape index (κ3) is 2.61. The Kier molecular flexibility index (Phi) is 3.34. The number of likely N-dealkylation sites (tertiary alicyclic amines) is 1. The van der Waals surface area contributed by atoms with Gasteiger partial charge in [-0.15, -0.1) is 0 Å². The van der Waals surface area contributed by atoms with E-state index in [1.54, 1.807) is 31.2 Å². The number of benzene rings is 1. The molecule has 0 bridgehead atoms. The zero-order chi connectivity index (χ0) is 14.1. The van der Waals surface area contributed by atoms with E-state index in [-0.39, 0.29) is 12.5 Å². The van der Waals surface area contributed by atoms with Crippen LogP contribution in [-0.2, 0) is 4.74 Å². The summed E-state index contributed by atoms with van der Waals surface area (Å²) in [5.74, 6) is 1.89. The average molecular weight is 275 g/mol. The maximum atomic E-state index is 12.2. The van der Waals surface area contributed by atoms with Gasteiger partial charge < -0.3 is 14.4 Å². The summed E-state index contributed by atoms with van der Waals surface area (Å²) in [6.45, 7) is 3.74. The molecule has 5 heteroatoms. The van der Waals surface area contributed by atoms with E-state index in [1.807, 2.05) is 4.90 Å². The molecule has 1 saturated carbocycles. The number of rotatable bonds is 3. The smallest absolute Gasteiger partial charge is 0.434 e. The minimum atomic E-state index is -0.730. The number of ether oxygens (including phenoxy) is 2. The molecule has 1 aromatic rings. The van der Waals surface area contributed by atoms with Crippen LogP contribution >= 0.6 is 0 Å². The van der Waals surface area contributed by atoms with Crippen molar-refractivity contribution in [2.75, 3.05) is 19.7 Å². The number of carbonyl (C=O) groups excluding carboxylic acids is 2. The van der Waals surface area contributed by atoms with Crippen LogP contribution in [-0.4, -0.2) is 36.7 Å². The molecule has 1 aliphatic heterocycles. The van der Waals surface area contributed by atoms with Gasteiger partial charge in [0, 0.05) is 18.7 Å². The lowest BCUT2D eigenvalue weighted by atomic mass is 10.2. The lowest BCUT2D eigenvalue weighted by Crippen LogP contribution is -2.30. The van der Waals surface area contributed by atoms with E-state index in [2.05, 4.69) is 4.74 Å². The summed E-state index contributed by atoms with van der Waals surface area (Å²) in [6.07, 6.45) is 0.544. The van der Waals surface area contributed by atoms with Gasteiger partial charge in [0.05, 0.1) is 6.61 Å². The highest BCUT2D eigenvalue weighted by Gasteiger charge is 2.46. The van der Waals surface area contributed by atoms with Crippen molar-refractivity contribution in [2.45, 2.75) is 13.3 Å². The molecule has 5 nitrogen and oxygen atoms in total. The molecule has 2 unspecified atom stereocenters. The van der Waals surface area contributed by atoms with Crippen molar-refractivity contribution in [1.82, 2.24) is 4.90 Å². The highest BCUT2D eigenvalue weighted by molar-refractivity contribution is 5.94. The van der Waals surface area contributed by atoms with Crippen molar-refractivity contribution in [1.29, 1.82) is 0 Å². The maximum absolute atomic E-state index is 12.2. The fraction of sp³-hybridized carbons (Fsp3) is 0.467. The van der Waals surface area contributed by atoms with Crippen LogP contribution in [0.4, 0.5) is 4.79 Å². The van der Waals surface area contributed by atoms with Crippen molar-refractivity contribution in [3.8, 4) is 5.75 Å². The minimum absolute atomic E-state index is 0.0554. The van der Waals surface area contributed by atoms with E-state index >= 15 is 0 Å². The third-order valence-corrected chi connectivity index (χ3v) is 3.83. The lowest BCUT2D eigenvalue weighted by molar-refractivity contribution is 0.0775. The van der Waals surface area contributed by atoms with Crippen LogP contribution in [0.15, 0.2) is 24.3 Å². The molecule has 0 radical (unpaired) electrons. The summed E-state index contributed by atoms with van der Waals surface area (Å²) >= 11 is 0. The summed E-state index contributed by atoms with van der Waals surface area (Å²) in [4.78, 5) is 25.3. The van der Waals surface area contributed by atoms with Crippen LogP contribution in [0.5, 0.6) is 5.75 Å². The molecule has 1 aliphatic carbocycles. The van der Waals surface area contributed by atoms with E-state index in [9.17, 15) is 9.59 Å². The molecule has 1 saturated heterocycles. The minimum Gasteiger partial charge on any atom is -0.434 e. The van der Waals surface area contributed by atoms with Crippen LogP contribution < -0.4 is 4.74 Å². The molecule has 0 N–H and O–H groups in total. The molecule has 0 spiro atoms. The van der Waals surface area contributed by atoms with Gasteiger partial charge in [0.2, 0.25) is 0 Å². The Morgan fingerprint density at radius 1 is 1.20 bits per heavy atom. The molecule has 2 atom stereocenters. The Morgan fingerprint density at radius 2 is 1.85 bits per heavy atom. The third-order valence-electron chi connectivity index (χ3n) is 3.83. The van der Waals surface area contributed by atoms with E-state index in [0.717, 1.165) is 24.9 Å². The number of carbonyl (C=O) groups is 2. The number of nitrogens with zero attached hydrogens (tertiary/aromatic N) is 1. The normalized spacial score (nSPS) is 23.1. The van der Waals surface area contributed by atoms with E-state index < -0.39 is 6.16 Å². The van der Waals surface area contributed by atoms with Crippen LogP contribution in [0, 0.1) is 11.8 Å². The molecule has 1 heterocycles. The topological polar surface area (TPSA) is 55.8 Å². The van der Waals surface area contributed by atoms with Crippen LogP contribution in [0.2, 0.25) is 0 Å². The van der Waals surface area contributed by atoms with Gasteiger partial charge in [0.1, 0.15) is 5.75 Å². The molecular weight excluding hydrogens is 258 g/mol. The number of hydrogen-bond acceptors (Lipinski definition) is 4. The molecule has 0 aromatic heterocycles. The molecule has 20 heavy (non-hydrogen) atoms. The molecular formula is C15H17NO4. The summed E-state index contributed by atoms with van der Waals surface area (Å²) in [5, 5.41) is 0. The van der Waals surface area contributed by atoms with Gasteiger partial charge in [-0.2, -0.15) is 0 Å². The Hall–Kier alpha value is -2.04. The standard InChI is InChI=1S/C15H17NO4/c1-2-19-15(18)20-13-5-3-10(4-6-13)14(17)16-8-11-7-12(11)9-16/h3-6,11-12H,2,7-9H2,1H3. The van der Waals surface area contributed by atoms with Gasteiger partial charge in [0.25, 0.3) is 5.91 Å². The van der Waals surface area contributed by atoms with Crippen molar-refractivity contribution in [3.63, 3.8) is 0 Å². The predicted molar refractivity (Wildman–Crippen MR) is 71.6 cm³/mol. The number of hydrogen-bond donors (Lipinski definition) is 0. The molecule has 3 rings (SSSR count). The Bertz CT molecular complexity index is 515. The SMILES string of the molecule is CCOC(=O)Oc1ccc(C(=O)N2CC3CC3C2)cc1. The zero-order valence-electron chi connectivity index (χ0n) is 11.4. The summed E-state index contributed by atoms with van der Waals surface area (Å²) in [7, 11) is 0. The first kappa shape index (κ1) is 13.0. The molecule has 2 fully saturated rings. The van der Waals surface area contributed by atoms with E-state index in [0.29, 0.717) is 11.3 Å². The van der Waals surface area contributed by atoms with Gasteiger partial charge in [-0.25, -0.2) is 4.79 Å². The second-order valence-electron chi connectivity index (χ2n) is 5.28. The van der Waals surface area contributed by atoms with Gasteiger partial charge >= 0.3 is 6.16 Å². The predicted octanol–water partition coefficient (Wildman–Crippen LogP) is 2.31. The fourth-order valence-electron chi connectivity index (χ4n) is 2.66. The monoisotopic (exact) mass is 275 g/mol. The molecule has 2 aliphatic rings. The zero-order valence-corrected chi connectivity index (χ0v) is 11.4. The average Bonchev–Trinajstić information content (AvgIpc) is 3.05. The Morgan fingerprint density at radius 3 is 2.45 bits per heavy atom. The number of piperidine rings is 1. The molecule has 1 aromatic carbocycles.